The van der Waals surface area contributed by atoms with Crippen molar-refractivity contribution in [3.63, 3.8) is 0 Å². The number of halogens is 1. The molecule has 1 aromatic carbocycles. The summed E-state index contributed by atoms with van der Waals surface area (Å²) in [6, 6.07) is 7.48. The molecule has 27 heavy (non-hydrogen) atoms. The van der Waals surface area contributed by atoms with Gasteiger partial charge in [0.2, 0.25) is 0 Å². The van der Waals surface area contributed by atoms with Crippen molar-refractivity contribution >= 4 is 23.5 Å². The molecule has 152 valence electrons. The van der Waals surface area contributed by atoms with Crippen molar-refractivity contribution in [1.29, 1.82) is 0 Å². The van der Waals surface area contributed by atoms with Gasteiger partial charge < -0.3 is 9.47 Å². The summed E-state index contributed by atoms with van der Waals surface area (Å²) in [4.78, 5) is 23.3. The first-order valence-electron chi connectivity index (χ1n) is 10.2. The Morgan fingerprint density at radius 2 is 1.48 bits per heavy atom. The SMILES string of the molecule is CCCCCCCCCOC(=O)CCCC(=O)OCCc1cccc(Cl)c1. The van der Waals surface area contributed by atoms with Gasteiger partial charge in [0.05, 0.1) is 13.2 Å². The summed E-state index contributed by atoms with van der Waals surface area (Å²) in [6.45, 7) is 3.01. The standard InChI is InChI=1S/C22H33ClO4/c1-2-3-4-5-6-7-8-16-26-21(24)13-10-14-22(25)27-17-15-19-11-9-12-20(23)18-19/h9,11-12,18H,2-8,10,13-17H2,1H3. The Morgan fingerprint density at radius 3 is 2.15 bits per heavy atom. The van der Waals surface area contributed by atoms with Crippen LogP contribution in [0.25, 0.3) is 0 Å². The molecule has 0 spiro atoms. The number of hydrogen-bond donors (Lipinski definition) is 0. The summed E-state index contributed by atoms with van der Waals surface area (Å²) >= 11 is 5.91. The lowest BCUT2D eigenvalue weighted by molar-refractivity contribution is -0.145. The molecule has 0 heterocycles. The van der Waals surface area contributed by atoms with E-state index in [4.69, 9.17) is 21.1 Å². The lowest BCUT2D eigenvalue weighted by Gasteiger charge is -2.06. The van der Waals surface area contributed by atoms with Gasteiger partial charge in [-0.2, -0.15) is 0 Å². The van der Waals surface area contributed by atoms with Crippen LogP contribution in [0.3, 0.4) is 0 Å². The largest absolute Gasteiger partial charge is 0.466 e. The minimum Gasteiger partial charge on any atom is -0.466 e. The van der Waals surface area contributed by atoms with Crippen molar-refractivity contribution in [1.82, 2.24) is 0 Å². The van der Waals surface area contributed by atoms with Crippen LogP contribution in [0.2, 0.25) is 5.02 Å². The summed E-state index contributed by atoms with van der Waals surface area (Å²) in [5.41, 5.74) is 1.03. The zero-order valence-corrected chi connectivity index (χ0v) is 17.3. The predicted octanol–water partition coefficient (Wildman–Crippen LogP) is 5.89. The highest BCUT2D eigenvalue weighted by atomic mass is 35.5. The van der Waals surface area contributed by atoms with Crippen molar-refractivity contribution < 1.29 is 19.1 Å². The maximum absolute atomic E-state index is 11.7. The van der Waals surface area contributed by atoms with E-state index in [2.05, 4.69) is 6.92 Å². The van der Waals surface area contributed by atoms with E-state index in [0.717, 1.165) is 18.4 Å². The molecule has 1 rings (SSSR count). The van der Waals surface area contributed by atoms with Crippen LogP contribution in [0.4, 0.5) is 0 Å². The van der Waals surface area contributed by atoms with E-state index in [0.29, 0.717) is 31.1 Å². The predicted molar refractivity (Wildman–Crippen MR) is 109 cm³/mol. The quantitative estimate of drug-likeness (QED) is 0.274. The molecule has 0 amide bonds. The van der Waals surface area contributed by atoms with Gasteiger partial charge >= 0.3 is 11.9 Å². The minimum atomic E-state index is -0.281. The highest BCUT2D eigenvalue weighted by Crippen LogP contribution is 2.11. The van der Waals surface area contributed by atoms with Gasteiger partial charge in [0.25, 0.3) is 0 Å². The molecule has 0 aliphatic carbocycles. The number of unbranched alkanes of at least 4 members (excludes halogenated alkanes) is 6. The van der Waals surface area contributed by atoms with E-state index >= 15 is 0 Å². The highest BCUT2D eigenvalue weighted by molar-refractivity contribution is 6.30. The van der Waals surface area contributed by atoms with Crippen LogP contribution in [-0.2, 0) is 25.5 Å². The highest BCUT2D eigenvalue weighted by Gasteiger charge is 2.07. The lowest BCUT2D eigenvalue weighted by atomic mass is 10.1. The van der Waals surface area contributed by atoms with E-state index in [9.17, 15) is 9.59 Å². The molecule has 0 aromatic heterocycles. The van der Waals surface area contributed by atoms with Gasteiger partial charge in [-0.1, -0.05) is 69.2 Å². The normalized spacial score (nSPS) is 10.6. The van der Waals surface area contributed by atoms with Crippen molar-refractivity contribution in [2.24, 2.45) is 0 Å². The van der Waals surface area contributed by atoms with Crippen LogP contribution in [0.1, 0.15) is 76.7 Å². The van der Waals surface area contributed by atoms with E-state index in [1.54, 1.807) is 0 Å². The second kappa shape index (κ2) is 15.5. The second-order valence-electron chi connectivity index (χ2n) is 6.80. The fourth-order valence-corrected chi connectivity index (χ4v) is 2.95. The molecule has 0 radical (unpaired) electrons. The summed E-state index contributed by atoms with van der Waals surface area (Å²) in [7, 11) is 0. The summed E-state index contributed by atoms with van der Waals surface area (Å²) in [5.74, 6) is -0.510. The molecule has 0 saturated carbocycles. The average Bonchev–Trinajstić information content (AvgIpc) is 2.64. The third kappa shape index (κ3) is 13.3. The molecule has 1 aromatic rings. The molecule has 5 heteroatoms. The van der Waals surface area contributed by atoms with Crippen molar-refractivity contribution in [2.45, 2.75) is 77.6 Å². The first-order valence-corrected chi connectivity index (χ1v) is 10.5. The number of rotatable bonds is 15. The van der Waals surface area contributed by atoms with Gasteiger partial charge in [0.1, 0.15) is 0 Å². The third-order valence-electron chi connectivity index (χ3n) is 4.32. The first kappa shape index (κ1) is 23.5. The Bertz CT molecular complexity index is 545. The van der Waals surface area contributed by atoms with E-state index in [1.165, 1.54) is 32.1 Å². The molecule has 0 atom stereocenters. The number of carbonyl (C=O) groups excluding carboxylic acids is 2. The smallest absolute Gasteiger partial charge is 0.305 e. The molecular formula is C22H33ClO4. The molecule has 0 aliphatic rings. The fraction of sp³-hybridized carbons (Fsp3) is 0.636. The van der Waals surface area contributed by atoms with E-state index in [1.807, 2.05) is 24.3 Å². The van der Waals surface area contributed by atoms with Crippen LogP contribution >= 0.6 is 11.6 Å². The van der Waals surface area contributed by atoms with Crippen LogP contribution in [0.5, 0.6) is 0 Å². The van der Waals surface area contributed by atoms with Crippen molar-refractivity contribution in [3.8, 4) is 0 Å². The van der Waals surface area contributed by atoms with Crippen molar-refractivity contribution in [2.75, 3.05) is 13.2 Å². The van der Waals surface area contributed by atoms with Gasteiger partial charge in [-0.05, 0) is 30.5 Å². The molecular weight excluding hydrogens is 364 g/mol. The number of ether oxygens (including phenoxy) is 2. The third-order valence-corrected chi connectivity index (χ3v) is 4.55. The zero-order chi connectivity index (χ0) is 19.7. The summed E-state index contributed by atoms with van der Waals surface area (Å²) < 4.78 is 10.4. The number of benzene rings is 1. The maximum Gasteiger partial charge on any atom is 0.305 e. The maximum atomic E-state index is 11.7. The van der Waals surface area contributed by atoms with Crippen LogP contribution in [0, 0.1) is 0 Å². The Morgan fingerprint density at radius 1 is 0.852 bits per heavy atom. The lowest BCUT2D eigenvalue weighted by Crippen LogP contribution is -2.10. The Hall–Kier alpha value is -1.55. The number of carbonyl (C=O) groups is 2. The van der Waals surface area contributed by atoms with E-state index < -0.39 is 0 Å². The van der Waals surface area contributed by atoms with Gasteiger partial charge in [0.15, 0.2) is 0 Å². The Kier molecular flexibility index (Phi) is 13.5. The Labute approximate surface area is 168 Å². The van der Waals surface area contributed by atoms with Gasteiger partial charge in [-0.25, -0.2) is 0 Å². The molecule has 0 unspecified atom stereocenters. The van der Waals surface area contributed by atoms with Gasteiger partial charge in [-0.15, -0.1) is 0 Å². The van der Waals surface area contributed by atoms with E-state index in [-0.39, 0.29) is 24.8 Å². The monoisotopic (exact) mass is 396 g/mol. The molecule has 0 aliphatic heterocycles. The average molecular weight is 397 g/mol. The van der Waals surface area contributed by atoms with Crippen LogP contribution in [-0.4, -0.2) is 25.2 Å². The van der Waals surface area contributed by atoms with Gasteiger partial charge in [-0.3, -0.25) is 9.59 Å². The summed E-state index contributed by atoms with van der Waals surface area (Å²) in [6.07, 6.45) is 9.95. The molecule has 0 N–H and O–H groups in total. The van der Waals surface area contributed by atoms with Gasteiger partial charge in [0, 0.05) is 24.3 Å². The summed E-state index contributed by atoms with van der Waals surface area (Å²) in [5, 5.41) is 0.675. The topological polar surface area (TPSA) is 52.6 Å². The second-order valence-corrected chi connectivity index (χ2v) is 7.23. The molecule has 0 saturated heterocycles. The molecule has 0 bridgehead atoms. The first-order chi connectivity index (χ1) is 13.1. The zero-order valence-electron chi connectivity index (χ0n) is 16.5. The molecule has 0 fully saturated rings. The number of hydrogen-bond acceptors (Lipinski definition) is 4. The fourth-order valence-electron chi connectivity index (χ4n) is 2.74. The molecule has 4 nitrogen and oxygen atoms in total. The van der Waals surface area contributed by atoms with Crippen LogP contribution < -0.4 is 0 Å². The van der Waals surface area contributed by atoms with Crippen LogP contribution in [0.15, 0.2) is 24.3 Å². The van der Waals surface area contributed by atoms with Crippen molar-refractivity contribution in [3.05, 3.63) is 34.9 Å². The Balaban J connectivity index is 1.95. The number of esters is 2. The minimum absolute atomic E-state index is 0.229.